The summed E-state index contributed by atoms with van der Waals surface area (Å²) in [6.45, 7) is 11.1. The van der Waals surface area contributed by atoms with E-state index in [4.69, 9.17) is 4.98 Å². The first-order valence-electron chi connectivity index (χ1n) is 15.1. The topological polar surface area (TPSA) is 91.4 Å². The number of aromatic nitrogens is 1. The number of thiazole rings is 1. The molecule has 4 rings (SSSR count). The Kier molecular flexibility index (Phi) is 10.9. The van der Waals surface area contributed by atoms with Crippen LogP contribution < -0.4 is 10.6 Å². The number of carbonyl (C=O) groups excluding carboxylic acids is 3. The van der Waals surface area contributed by atoms with Crippen molar-refractivity contribution in [3.63, 3.8) is 0 Å². The molecule has 2 heterocycles. The minimum atomic E-state index is -0.519. The van der Waals surface area contributed by atoms with Crippen LogP contribution in [-0.4, -0.2) is 60.2 Å². The van der Waals surface area contributed by atoms with E-state index in [1.165, 1.54) is 18.4 Å². The molecule has 1 aliphatic heterocycles. The first-order valence-corrected chi connectivity index (χ1v) is 15.9. The smallest absolute Gasteiger partial charge is 0.224 e. The Hall–Kier alpha value is -2.58. The summed E-state index contributed by atoms with van der Waals surface area (Å²) in [5, 5.41) is 6.84. The molecule has 8 heteroatoms. The second-order valence-electron chi connectivity index (χ2n) is 12.0. The summed E-state index contributed by atoms with van der Waals surface area (Å²) < 4.78 is 1.11. The number of nitrogens with zero attached hydrogens (tertiary/aromatic N) is 2. The van der Waals surface area contributed by atoms with E-state index >= 15 is 0 Å². The Labute approximate surface area is 243 Å². The predicted octanol–water partition coefficient (Wildman–Crippen LogP) is 5.39. The van der Waals surface area contributed by atoms with Crippen LogP contribution in [0.15, 0.2) is 30.4 Å². The molecule has 218 valence electrons. The second kappa shape index (κ2) is 14.4. The van der Waals surface area contributed by atoms with Crippen LogP contribution in [0.3, 0.4) is 0 Å². The lowest BCUT2D eigenvalue weighted by atomic mass is 9.91. The van der Waals surface area contributed by atoms with Gasteiger partial charge >= 0.3 is 0 Å². The molecule has 1 saturated carbocycles. The molecule has 2 amide bonds. The summed E-state index contributed by atoms with van der Waals surface area (Å²) in [4.78, 5) is 46.2. The van der Waals surface area contributed by atoms with Crippen LogP contribution in [-0.2, 0) is 20.8 Å². The van der Waals surface area contributed by atoms with E-state index < -0.39 is 5.92 Å². The number of hydrogen-bond donors (Lipinski definition) is 2. The molecule has 0 spiro atoms. The molecule has 1 saturated heterocycles. The van der Waals surface area contributed by atoms with Gasteiger partial charge in [-0.3, -0.25) is 19.3 Å². The van der Waals surface area contributed by atoms with Crippen LogP contribution in [0.4, 0.5) is 0 Å². The number of Topliss-reactive ketones (excluding diaryl/α,β-unsaturated/α-hetero) is 1. The number of ketones is 1. The van der Waals surface area contributed by atoms with E-state index in [1.54, 1.807) is 18.4 Å². The zero-order valence-corrected chi connectivity index (χ0v) is 25.3. The number of hydrogen-bond acceptors (Lipinski definition) is 6. The van der Waals surface area contributed by atoms with Gasteiger partial charge in [0.25, 0.3) is 0 Å². The van der Waals surface area contributed by atoms with E-state index in [-0.39, 0.29) is 30.1 Å². The van der Waals surface area contributed by atoms with E-state index in [9.17, 15) is 14.4 Å². The average molecular weight is 567 g/mol. The van der Waals surface area contributed by atoms with Gasteiger partial charge in [0.15, 0.2) is 5.78 Å². The molecule has 2 aliphatic rings. The SMILES string of the molecule is C=C(CN1CCCC1)C(=O)CC[C@@H](NC(=O)[C@@H](CC(=O)NC)Cc1nc2ccc(C(C)C)cc2s1)C1CCCC1. The van der Waals surface area contributed by atoms with Crippen LogP contribution in [0, 0.1) is 11.8 Å². The monoisotopic (exact) mass is 566 g/mol. The van der Waals surface area contributed by atoms with Crippen molar-refractivity contribution < 1.29 is 14.4 Å². The molecule has 0 unspecified atom stereocenters. The van der Waals surface area contributed by atoms with Gasteiger partial charge < -0.3 is 10.6 Å². The fourth-order valence-electron chi connectivity index (χ4n) is 6.08. The summed E-state index contributed by atoms with van der Waals surface area (Å²) in [5.41, 5.74) is 2.87. The van der Waals surface area contributed by atoms with Crippen LogP contribution in [0.25, 0.3) is 10.2 Å². The van der Waals surface area contributed by atoms with Crippen LogP contribution in [0.5, 0.6) is 0 Å². The van der Waals surface area contributed by atoms with Crippen molar-refractivity contribution in [1.82, 2.24) is 20.5 Å². The molecule has 2 aromatic rings. The summed E-state index contributed by atoms with van der Waals surface area (Å²) in [5.74, 6) is 0.0934. The lowest BCUT2D eigenvalue weighted by Crippen LogP contribution is -2.44. The Morgan fingerprint density at radius 1 is 1.12 bits per heavy atom. The Bertz CT molecular complexity index is 1190. The summed E-state index contributed by atoms with van der Waals surface area (Å²) in [7, 11) is 1.60. The summed E-state index contributed by atoms with van der Waals surface area (Å²) in [6.07, 6.45) is 8.32. The molecule has 0 radical (unpaired) electrons. The van der Waals surface area contributed by atoms with Crippen molar-refractivity contribution >= 4 is 39.2 Å². The lowest BCUT2D eigenvalue weighted by molar-refractivity contribution is -0.131. The summed E-state index contributed by atoms with van der Waals surface area (Å²) in [6, 6.07) is 6.26. The number of likely N-dealkylation sites (tertiary alicyclic amines) is 1. The average Bonchev–Trinajstić information content (AvgIpc) is 3.72. The number of fused-ring (bicyclic) bond motifs is 1. The van der Waals surface area contributed by atoms with Gasteiger partial charge in [-0.05, 0) is 74.7 Å². The van der Waals surface area contributed by atoms with E-state index in [1.807, 2.05) is 6.07 Å². The third-order valence-electron chi connectivity index (χ3n) is 8.61. The first kappa shape index (κ1) is 30.4. The minimum absolute atomic E-state index is 0.0744. The second-order valence-corrected chi connectivity index (χ2v) is 13.1. The quantitative estimate of drug-likeness (QED) is 0.299. The van der Waals surface area contributed by atoms with Crippen molar-refractivity contribution in [1.29, 1.82) is 0 Å². The highest BCUT2D eigenvalue weighted by molar-refractivity contribution is 7.18. The highest BCUT2D eigenvalue weighted by Crippen LogP contribution is 2.31. The molecule has 1 aromatic heterocycles. The van der Waals surface area contributed by atoms with Crippen LogP contribution in [0.2, 0.25) is 0 Å². The van der Waals surface area contributed by atoms with Gasteiger partial charge in [0, 0.05) is 44.5 Å². The van der Waals surface area contributed by atoms with Gasteiger partial charge in [0.2, 0.25) is 11.8 Å². The van der Waals surface area contributed by atoms with Gasteiger partial charge in [0.05, 0.1) is 21.1 Å². The maximum absolute atomic E-state index is 13.7. The number of rotatable bonds is 14. The van der Waals surface area contributed by atoms with Gasteiger partial charge in [-0.1, -0.05) is 39.3 Å². The lowest BCUT2D eigenvalue weighted by Gasteiger charge is -2.27. The molecule has 0 bridgehead atoms. The van der Waals surface area contributed by atoms with Gasteiger partial charge in [-0.2, -0.15) is 0 Å². The van der Waals surface area contributed by atoms with Crippen LogP contribution in [0.1, 0.15) is 88.1 Å². The third kappa shape index (κ3) is 8.23. The molecule has 7 nitrogen and oxygen atoms in total. The Morgan fingerprint density at radius 2 is 1.85 bits per heavy atom. The highest BCUT2D eigenvalue weighted by Gasteiger charge is 2.31. The van der Waals surface area contributed by atoms with Gasteiger partial charge in [-0.25, -0.2) is 4.98 Å². The van der Waals surface area contributed by atoms with Gasteiger partial charge in [0.1, 0.15) is 0 Å². The highest BCUT2D eigenvalue weighted by atomic mass is 32.1. The van der Waals surface area contributed by atoms with Gasteiger partial charge in [-0.15, -0.1) is 11.3 Å². The number of benzene rings is 1. The fraction of sp³-hybridized carbons (Fsp3) is 0.625. The molecule has 1 aromatic carbocycles. The molecular weight excluding hydrogens is 520 g/mol. The largest absolute Gasteiger partial charge is 0.359 e. The molecule has 40 heavy (non-hydrogen) atoms. The summed E-state index contributed by atoms with van der Waals surface area (Å²) >= 11 is 1.60. The zero-order chi connectivity index (χ0) is 28.6. The molecular formula is C32H46N4O3S. The predicted molar refractivity (Wildman–Crippen MR) is 163 cm³/mol. The molecule has 2 fully saturated rings. The Balaban J connectivity index is 1.43. The van der Waals surface area contributed by atoms with E-state index in [0.717, 1.165) is 54.0 Å². The Morgan fingerprint density at radius 3 is 2.52 bits per heavy atom. The first-order chi connectivity index (χ1) is 19.2. The number of nitrogens with one attached hydrogen (secondary N) is 2. The maximum Gasteiger partial charge on any atom is 0.224 e. The zero-order valence-electron chi connectivity index (χ0n) is 24.5. The van der Waals surface area contributed by atoms with Crippen molar-refractivity contribution in [2.75, 3.05) is 26.7 Å². The normalized spacial score (nSPS) is 17.8. The van der Waals surface area contributed by atoms with Crippen molar-refractivity contribution in [3.05, 3.63) is 40.9 Å². The third-order valence-corrected chi connectivity index (χ3v) is 9.65. The standard InChI is InChI=1S/C32H46N4O3S/c1-21(2)24-11-12-27-29(17-24)40-31(34-27)19-25(18-30(38)33-4)32(39)35-26(23-9-5-6-10-23)13-14-28(37)22(3)20-36-15-7-8-16-36/h11-12,17,21,23,25-26H,3,5-10,13-16,18-20H2,1-2,4H3,(H,33,38)(H,35,39)/t25-,26+/m0/s1. The molecule has 2 atom stereocenters. The van der Waals surface area contributed by atoms with Crippen molar-refractivity contribution in [2.24, 2.45) is 11.8 Å². The van der Waals surface area contributed by atoms with Crippen molar-refractivity contribution in [2.45, 2.75) is 90.0 Å². The van der Waals surface area contributed by atoms with E-state index in [0.29, 0.717) is 43.2 Å². The molecule has 1 aliphatic carbocycles. The molecule has 2 N–H and O–H groups in total. The number of carbonyl (C=O) groups is 3. The van der Waals surface area contributed by atoms with E-state index in [2.05, 4.69) is 48.1 Å². The maximum atomic E-state index is 13.7. The minimum Gasteiger partial charge on any atom is -0.359 e. The van der Waals surface area contributed by atoms with Crippen LogP contribution >= 0.6 is 11.3 Å². The number of amides is 2. The fourth-order valence-corrected chi connectivity index (χ4v) is 7.17. The van der Waals surface area contributed by atoms with Crippen molar-refractivity contribution in [3.8, 4) is 0 Å².